The fourth-order valence-electron chi connectivity index (χ4n) is 4.18. The maximum absolute atomic E-state index is 13.0. The van der Waals surface area contributed by atoms with Crippen LogP contribution in [0.15, 0.2) is 24.3 Å². The fraction of sp³-hybridized carbons (Fsp3) is 0.474. The third-order valence-electron chi connectivity index (χ3n) is 5.70. The van der Waals surface area contributed by atoms with Gasteiger partial charge in [0.05, 0.1) is 6.04 Å². The number of piperazine rings is 1. The van der Waals surface area contributed by atoms with E-state index in [4.69, 9.17) is 0 Å². The Morgan fingerprint density at radius 3 is 2.79 bits per heavy atom. The minimum atomic E-state index is -0.373. The van der Waals surface area contributed by atoms with Crippen molar-refractivity contribution in [3.8, 4) is 0 Å². The monoisotopic (exact) mass is 325 g/mol. The molecule has 1 fully saturated rings. The van der Waals surface area contributed by atoms with Crippen LogP contribution in [0.25, 0.3) is 10.9 Å². The molecule has 24 heavy (non-hydrogen) atoms. The Hall–Kier alpha value is -2.30. The summed E-state index contributed by atoms with van der Waals surface area (Å²) >= 11 is 0. The third-order valence-corrected chi connectivity index (χ3v) is 5.70. The predicted molar refractivity (Wildman–Crippen MR) is 92.5 cm³/mol. The number of nitrogens with zero attached hydrogens (tertiary/aromatic N) is 2. The van der Waals surface area contributed by atoms with Crippen LogP contribution in [0.3, 0.4) is 0 Å². The zero-order valence-electron chi connectivity index (χ0n) is 14.4. The molecule has 0 radical (unpaired) electrons. The molecule has 5 nitrogen and oxygen atoms in total. The minimum absolute atomic E-state index is 0.0525. The number of H-pyrrole nitrogens is 1. The molecule has 0 unspecified atom stereocenters. The molecule has 2 aliphatic rings. The zero-order chi connectivity index (χ0) is 17.0. The Bertz CT molecular complexity index is 825. The van der Waals surface area contributed by atoms with Gasteiger partial charge in [-0.25, -0.2) is 0 Å². The predicted octanol–water partition coefficient (Wildman–Crippen LogP) is 2.62. The average molecular weight is 325 g/mol. The summed E-state index contributed by atoms with van der Waals surface area (Å²) in [6.45, 7) is 6.29. The summed E-state index contributed by atoms with van der Waals surface area (Å²) in [6.07, 6.45) is 1.46. The molecule has 5 heteroatoms. The molecule has 126 valence electrons. The number of para-hydroxylation sites is 1. The Morgan fingerprint density at radius 1 is 1.29 bits per heavy atom. The molecule has 1 aromatic carbocycles. The Morgan fingerprint density at radius 2 is 2.04 bits per heavy atom. The van der Waals surface area contributed by atoms with Gasteiger partial charge in [0.2, 0.25) is 11.8 Å². The lowest BCUT2D eigenvalue weighted by Gasteiger charge is -2.47. The van der Waals surface area contributed by atoms with Crippen molar-refractivity contribution in [3.05, 3.63) is 35.5 Å². The van der Waals surface area contributed by atoms with Crippen molar-refractivity contribution in [2.75, 3.05) is 6.54 Å². The van der Waals surface area contributed by atoms with Crippen molar-refractivity contribution in [3.63, 3.8) is 0 Å². The molecule has 2 amide bonds. The van der Waals surface area contributed by atoms with Gasteiger partial charge in [0.25, 0.3) is 0 Å². The van der Waals surface area contributed by atoms with Crippen molar-refractivity contribution in [1.29, 1.82) is 0 Å². The number of aromatic amines is 1. The fourth-order valence-corrected chi connectivity index (χ4v) is 4.18. The number of carbonyl (C=O) groups excluding carboxylic acids is 2. The first kappa shape index (κ1) is 15.2. The van der Waals surface area contributed by atoms with E-state index in [1.54, 1.807) is 9.80 Å². The second-order valence-electron chi connectivity index (χ2n) is 6.98. The van der Waals surface area contributed by atoms with E-state index in [2.05, 4.69) is 24.0 Å². The number of carbonyl (C=O) groups is 2. The Balaban J connectivity index is 1.80. The van der Waals surface area contributed by atoms with E-state index in [9.17, 15) is 9.59 Å². The maximum Gasteiger partial charge on any atom is 0.246 e. The second kappa shape index (κ2) is 5.36. The van der Waals surface area contributed by atoms with Crippen molar-refractivity contribution in [1.82, 2.24) is 14.8 Å². The van der Waals surface area contributed by atoms with Gasteiger partial charge in [0.1, 0.15) is 12.6 Å². The van der Waals surface area contributed by atoms with Gasteiger partial charge in [-0.05, 0) is 31.9 Å². The summed E-state index contributed by atoms with van der Waals surface area (Å²) in [6, 6.07) is 7.80. The minimum Gasteiger partial charge on any atom is -0.356 e. The van der Waals surface area contributed by atoms with Crippen molar-refractivity contribution >= 4 is 22.7 Å². The highest BCUT2D eigenvalue weighted by atomic mass is 16.2. The Kier molecular flexibility index (Phi) is 3.41. The van der Waals surface area contributed by atoms with Crippen LogP contribution in [0.4, 0.5) is 0 Å². The second-order valence-corrected chi connectivity index (χ2v) is 6.98. The Labute approximate surface area is 141 Å². The number of aromatic nitrogens is 1. The molecule has 1 N–H and O–H groups in total. The normalized spacial score (nSPS) is 25.0. The molecule has 0 aliphatic carbocycles. The SMILES string of the molecule is CC[C@@H](C)N1CC(=O)N2[C@H](Cc3c([nH]c4ccccc34)[C@H]2C)C1=O. The number of amides is 2. The molecular weight excluding hydrogens is 302 g/mol. The molecule has 4 rings (SSSR count). The molecular formula is C19H23N3O2. The van der Waals surface area contributed by atoms with E-state index < -0.39 is 0 Å². The van der Waals surface area contributed by atoms with Crippen molar-refractivity contribution in [2.24, 2.45) is 0 Å². The number of hydrogen-bond donors (Lipinski definition) is 1. The standard InChI is InChI=1S/C19H23N3O2/c1-4-11(2)21-10-17(23)22-12(3)18-14(9-16(22)19(21)24)13-7-5-6-8-15(13)20-18/h5-8,11-12,16,20H,4,9-10H2,1-3H3/t11-,12-,16-/m1/s1. The van der Waals surface area contributed by atoms with E-state index in [0.29, 0.717) is 6.42 Å². The number of fused-ring (bicyclic) bond motifs is 4. The van der Waals surface area contributed by atoms with Crippen LogP contribution in [0.1, 0.15) is 44.5 Å². The number of benzene rings is 1. The van der Waals surface area contributed by atoms with Crippen molar-refractivity contribution < 1.29 is 9.59 Å². The topological polar surface area (TPSA) is 56.4 Å². The van der Waals surface area contributed by atoms with E-state index in [0.717, 1.165) is 17.6 Å². The molecule has 1 saturated heterocycles. The highest BCUT2D eigenvalue weighted by molar-refractivity contribution is 5.97. The molecule has 0 saturated carbocycles. The van der Waals surface area contributed by atoms with Gasteiger partial charge < -0.3 is 14.8 Å². The summed E-state index contributed by atoms with van der Waals surface area (Å²) in [7, 11) is 0. The van der Waals surface area contributed by atoms with E-state index in [1.807, 2.05) is 26.0 Å². The number of hydrogen-bond acceptors (Lipinski definition) is 2. The van der Waals surface area contributed by atoms with Crippen LogP contribution in [0.5, 0.6) is 0 Å². The van der Waals surface area contributed by atoms with Crippen LogP contribution < -0.4 is 0 Å². The molecule has 3 heterocycles. The van der Waals surface area contributed by atoms with Crippen molar-refractivity contribution in [2.45, 2.75) is 51.7 Å². The summed E-state index contributed by atoms with van der Waals surface area (Å²) < 4.78 is 0. The largest absolute Gasteiger partial charge is 0.356 e. The first-order chi connectivity index (χ1) is 11.5. The lowest BCUT2D eigenvalue weighted by Crippen LogP contribution is -2.64. The average Bonchev–Trinajstić information content (AvgIpc) is 2.96. The molecule has 0 spiro atoms. The van der Waals surface area contributed by atoms with Crippen LogP contribution in [0, 0.1) is 0 Å². The van der Waals surface area contributed by atoms with Gasteiger partial charge >= 0.3 is 0 Å². The number of nitrogens with one attached hydrogen (secondary N) is 1. The zero-order valence-corrected chi connectivity index (χ0v) is 14.4. The first-order valence-electron chi connectivity index (χ1n) is 8.74. The summed E-state index contributed by atoms with van der Waals surface area (Å²) in [5, 5.41) is 1.17. The molecule has 2 aliphatic heterocycles. The van der Waals surface area contributed by atoms with Crippen LogP contribution in [-0.2, 0) is 16.0 Å². The highest BCUT2D eigenvalue weighted by Crippen LogP contribution is 2.39. The maximum atomic E-state index is 13.0. The molecule has 3 atom stereocenters. The van der Waals surface area contributed by atoms with E-state index in [-0.39, 0.29) is 36.5 Å². The van der Waals surface area contributed by atoms with Crippen LogP contribution in [0.2, 0.25) is 0 Å². The summed E-state index contributed by atoms with van der Waals surface area (Å²) in [5.74, 6) is 0.142. The van der Waals surface area contributed by atoms with Crippen LogP contribution in [-0.4, -0.2) is 45.2 Å². The first-order valence-corrected chi connectivity index (χ1v) is 8.74. The van der Waals surface area contributed by atoms with E-state index >= 15 is 0 Å². The van der Waals surface area contributed by atoms with Gasteiger partial charge in [-0.2, -0.15) is 0 Å². The van der Waals surface area contributed by atoms with E-state index in [1.165, 1.54) is 10.9 Å². The van der Waals surface area contributed by atoms with Gasteiger partial charge in [0, 0.05) is 29.1 Å². The smallest absolute Gasteiger partial charge is 0.246 e. The quantitative estimate of drug-likeness (QED) is 0.923. The lowest BCUT2D eigenvalue weighted by molar-refractivity contribution is -0.161. The molecule has 0 bridgehead atoms. The number of rotatable bonds is 2. The van der Waals surface area contributed by atoms with Gasteiger partial charge in [-0.1, -0.05) is 25.1 Å². The van der Waals surface area contributed by atoms with Crippen LogP contribution >= 0.6 is 0 Å². The lowest BCUT2D eigenvalue weighted by atomic mass is 9.89. The third kappa shape index (κ3) is 2.00. The highest BCUT2D eigenvalue weighted by Gasteiger charge is 2.46. The summed E-state index contributed by atoms with van der Waals surface area (Å²) in [4.78, 5) is 32.8. The van der Waals surface area contributed by atoms with Gasteiger partial charge in [0.15, 0.2) is 0 Å². The summed E-state index contributed by atoms with van der Waals surface area (Å²) in [5.41, 5.74) is 3.34. The molecule has 2 aromatic rings. The molecule has 1 aromatic heterocycles. The van der Waals surface area contributed by atoms with Gasteiger partial charge in [-0.3, -0.25) is 9.59 Å². The van der Waals surface area contributed by atoms with Gasteiger partial charge in [-0.15, -0.1) is 0 Å².